The molecule has 4 heterocycles. The minimum Gasteiger partial charge on any atom is -0.459 e. The number of likely N-dealkylation sites (tertiary alicyclic amines) is 1. The van der Waals surface area contributed by atoms with Crippen LogP contribution in [0.5, 0.6) is 0 Å². The molecule has 2 aromatic heterocycles. The normalized spacial score (nSPS) is 20.4. The van der Waals surface area contributed by atoms with Gasteiger partial charge in [-0.15, -0.1) is 5.10 Å². The van der Waals surface area contributed by atoms with Crippen LogP contribution in [0.1, 0.15) is 46.7 Å². The summed E-state index contributed by atoms with van der Waals surface area (Å²) in [5.41, 5.74) is 0.356. The van der Waals surface area contributed by atoms with Crippen molar-refractivity contribution in [1.29, 1.82) is 0 Å². The minimum atomic E-state index is -0.109. The number of ether oxygens (including phenoxy) is 1. The molecule has 150 valence electrons. The van der Waals surface area contributed by atoms with Gasteiger partial charge in [0.05, 0.1) is 25.7 Å². The monoisotopic (exact) mass is 387 g/mol. The lowest BCUT2D eigenvalue weighted by molar-refractivity contribution is 0.0299. The van der Waals surface area contributed by atoms with E-state index in [9.17, 15) is 9.59 Å². The van der Waals surface area contributed by atoms with E-state index in [1.807, 2.05) is 4.90 Å². The molecule has 1 atom stereocenters. The van der Waals surface area contributed by atoms with Crippen molar-refractivity contribution in [1.82, 2.24) is 24.8 Å². The zero-order chi connectivity index (χ0) is 19.3. The summed E-state index contributed by atoms with van der Waals surface area (Å²) >= 11 is 0. The first-order valence-electron chi connectivity index (χ1n) is 9.84. The maximum Gasteiger partial charge on any atom is 0.289 e. The number of morpholine rings is 1. The smallest absolute Gasteiger partial charge is 0.289 e. The number of carbonyl (C=O) groups excluding carboxylic acids is 2. The first-order valence-corrected chi connectivity index (χ1v) is 9.84. The van der Waals surface area contributed by atoms with Crippen molar-refractivity contribution >= 4 is 11.8 Å². The zero-order valence-corrected chi connectivity index (χ0v) is 15.8. The van der Waals surface area contributed by atoms with Gasteiger partial charge in [0.1, 0.15) is 0 Å². The van der Waals surface area contributed by atoms with Crippen molar-refractivity contribution in [2.45, 2.75) is 38.3 Å². The molecule has 2 fully saturated rings. The van der Waals surface area contributed by atoms with Gasteiger partial charge in [0.25, 0.3) is 11.8 Å². The standard InChI is InChI=1S/C19H25N5O4/c25-18(22-9-12-27-13-10-22)16-14-23(21-20-16)8-6-15-4-1-2-7-24(15)19(26)17-5-3-11-28-17/h3,5,11,14-15H,1-2,4,6-10,12-13H2. The SMILES string of the molecule is O=C(c1cn(CCC2CCCCN2C(=O)c2ccco2)nn1)N1CCOCC1. The molecule has 0 spiro atoms. The Balaban J connectivity index is 1.36. The van der Waals surface area contributed by atoms with Crippen LogP contribution in [0.3, 0.4) is 0 Å². The Bertz CT molecular complexity index is 797. The molecule has 2 saturated heterocycles. The fourth-order valence-electron chi connectivity index (χ4n) is 3.83. The average molecular weight is 387 g/mol. The third kappa shape index (κ3) is 4.09. The van der Waals surface area contributed by atoms with Gasteiger partial charge < -0.3 is 19.0 Å². The Morgan fingerprint density at radius 3 is 2.79 bits per heavy atom. The van der Waals surface area contributed by atoms with Crippen molar-refractivity contribution in [3.8, 4) is 0 Å². The molecular formula is C19H25N5O4. The van der Waals surface area contributed by atoms with Gasteiger partial charge >= 0.3 is 0 Å². The third-order valence-electron chi connectivity index (χ3n) is 5.37. The summed E-state index contributed by atoms with van der Waals surface area (Å²) in [5, 5.41) is 8.14. The molecule has 1 unspecified atom stereocenters. The van der Waals surface area contributed by atoms with E-state index in [0.717, 1.165) is 32.2 Å². The Hall–Kier alpha value is -2.68. The van der Waals surface area contributed by atoms with Crippen LogP contribution >= 0.6 is 0 Å². The van der Waals surface area contributed by atoms with E-state index in [2.05, 4.69) is 10.3 Å². The van der Waals surface area contributed by atoms with E-state index in [1.165, 1.54) is 6.26 Å². The number of hydrogen-bond acceptors (Lipinski definition) is 6. The van der Waals surface area contributed by atoms with E-state index in [-0.39, 0.29) is 17.9 Å². The number of carbonyl (C=O) groups is 2. The summed E-state index contributed by atoms with van der Waals surface area (Å²) in [6.07, 6.45) is 7.05. The molecule has 9 heteroatoms. The molecule has 0 aliphatic carbocycles. The van der Waals surface area contributed by atoms with Crippen molar-refractivity contribution in [2.75, 3.05) is 32.8 Å². The van der Waals surface area contributed by atoms with Crippen LogP contribution in [0.2, 0.25) is 0 Å². The molecule has 2 aliphatic rings. The predicted molar refractivity (Wildman–Crippen MR) is 98.7 cm³/mol. The topological polar surface area (TPSA) is 93.7 Å². The number of furan rings is 1. The highest BCUT2D eigenvalue weighted by atomic mass is 16.5. The Kier molecular flexibility index (Phi) is 5.70. The first kappa shape index (κ1) is 18.7. The van der Waals surface area contributed by atoms with Crippen molar-refractivity contribution < 1.29 is 18.7 Å². The molecule has 0 radical (unpaired) electrons. The second-order valence-corrected chi connectivity index (χ2v) is 7.19. The van der Waals surface area contributed by atoms with Gasteiger partial charge in [0, 0.05) is 32.2 Å². The van der Waals surface area contributed by atoms with E-state index < -0.39 is 0 Å². The minimum absolute atomic E-state index is 0.0588. The summed E-state index contributed by atoms with van der Waals surface area (Å²) in [5.74, 6) is 0.212. The number of piperidine rings is 1. The summed E-state index contributed by atoms with van der Waals surface area (Å²) in [4.78, 5) is 28.8. The molecule has 2 aromatic rings. The van der Waals surface area contributed by atoms with Gasteiger partial charge in [-0.25, -0.2) is 0 Å². The summed E-state index contributed by atoms with van der Waals surface area (Å²) in [6, 6.07) is 3.57. The zero-order valence-electron chi connectivity index (χ0n) is 15.8. The molecule has 0 saturated carbocycles. The number of rotatable bonds is 5. The van der Waals surface area contributed by atoms with Crippen molar-refractivity contribution in [2.24, 2.45) is 0 Å². The fraction of sp³-hybridized carbons (Fsp3) is 0.579. The Morgan fingerprint density at radius 1 is 1.14 bits per heavy atom. The molecule has 0 aromatic carbocycles. The third-order valence-corrected chi connectivity index (χ3v) is 5.37. The molecule has 4 rings (SSSR count). The lowest BCUT2D eigenvalue weighted by Gasteiger charge is -2.35. The predicted octanol–water partition coefficient (Wildman–Crippen LogP) is 1.43. The van der Waals surface area contributed by atoms with Crippen molar-refractivity contribution in [3.05, 3.63) is 36.0 Å². The summed E-state index contributed by atoms with van der Waals surface area (Å²) < 4.78 is 12.2. The van der Waals surface area contributed by atoms with Gasteiger partial charge in [0.2, 0.25) is 0 Å². The van der Waals surface area contributed by atoms with Crippen LogP contribution in [-0.2, 0) is 11.3 Å². The van der Waals surface area contributed by atoms with Crippen LogP contribution in [0.4, 0.5) is 0 Å². The molecule has 9 nitrogen and oxygen atoms in total. The van der Waals surface area contributed by atoms with Crippen LogP contribution in [0.15, 0.2) is 29.0 Å². The molecule has 28 heavy (non-hydrogen) atoms. The van der Waals surface area contributed by atoms with E-state index in [1.54, 1.807) is 27.9 Å². The lowest BCUT2D eigenvalue weighted by Crippen LogP contribution is -2.44. The van der Waals surface area contributed by atoms with E-state index >= 15 is 0 Å². The van der Waals surface area contributed by atoms with Crippen LogP contribution < -0.4 is 0 Å². The summed E-state index contributed by atoms with van der Waals surface area (Å²) in [7, 11) is 0. The van der Waals surface area contributed by atoms with Gasteiger partial charge in [-0.1, -0.05) is 5.21 Å². The highest BCUT2D eigenvalue weighted by Crippen LogP contribution is 2.22. The number of aromatic nitrogens is 3. The molecule has 0 bridgehead atoms. The van der Waals surface area contributed by atoms with E-state index in [0.29, 0.717) is 44.3 Å². The second-order valence-electron chi connectivity index (χ2n) is 7.19. The van der Waals surface area contributed by atoms with Gasteiger partial charge in [0.15, 0.2) is 11.5 Å². The highest BCUT2D eigenvalue weighted by Gasteiger charge is 2.29. The quantitative estimate of drug-likeness (QED) is 0.770. The molecule has 2 amide bonds. The maximum absolute atomic E-state index is 12.7. The average Bonchev–Trinajstić information content (AvgIpc) is 3.44. The second kappa shape index (κ2) is 8.55. The fourth-order valence-corrected chi connectivity index (χ4v) is 3.83. The molecular weight excluding hydrogens is 362 g/mol. The maximum atomic E-state index is 12.7. The largest absolute Gasteiger partial charge is 0.459 e. The van der Waals surface area contributed by atoms with Crippen molar-refractivity contribution in [3.63, 3.8) is 0 Å². The van der Waals surface area contributed by atoms with Crippen LogP contribution in [-0.4, -0.2) is 75.5 Å². The van der Waals surface area contributed by atoms with Gasteiger partial charge in [-0.3, -0.25) is 14.3 Å². The Morgan fingerprint density at radius 2 is 2.00 bits per heavy atom. The number of nitrogens with zero attached hydrogens (tertiary/aromatic N) is 5. The van der Waals surface area contributed by atoms with Gasteiger partial charge in [-0.2, -0.15) is 0 Å². The van der Waals surface area contributed by atoms with Gasteiger partial charge in [-0.05, 0) is 37.8 Å². The lowest BCUT2D eigenvalue weighted by atomic mass is 9.99. The molecule has 0 N–H and O–H groups in total. The summed E-state index contributed by atoms with van der Waals surface area (Å²) in [6.45, 7) is 3.62. The van der Waals surface area contributed by atoms with Crippen LogP contribution in [0.25, 0.3) is 0 Å². The number of aryl methyl sites for hydroxylation is 1. The van der Waals surface area contributed by atoms with Crippen LogP contribution in [0, 0.1) is 0 Å². The highest BCUT2D eigenvalue weighted by molar-refractivity contribution is 5.92. The molecule has 2 aliphatic heterocycles. The van der Waals surface area contributed by atoms with E-state index in [4.69, 9.17) is 9.15 Å². The first-order chi connectivity index (χ1) is 13.7. The number of hydrogen-bond donors (Lipinski definition) is 0. The Labute approximate surface area is 163 Å². The number of amides is 2.